The van der Waals surface area contributed by atoms with Gasteiger partial charge in [-0.25, -0.2) is 4.39 Å². The molecule has 0 spiro atoms. The summed E-state index contributed by atoms with van der Waals surface area (Å²) in [5.41, 5.74) is 0. The van der Waals surface area contributed by atoms with Gasteiger partial charge in [0, 0.05) is 12.0 Å². The summed E-state index contributed by atoms with van der Waals surface area (Å²) in [6, 6.07) is 0.771. The van der Waals surface area contributed by atoms with Crippen LogP contribution in [0, 0.1) is 5.82 Å². The van der Waals surface area contributed by atoms with Gasteiger partial charge in [0.25, 0.3) is 0 Å². The zero-order chi connectivity index (χ0) is 10.2. The van der Waals surface area contributed by atoms with E-state index in [1.54, 1.807) is 13.8 Å². The van der Waals surface area contributed by atoms with E-state index < -0.39 is 17.8 Å². The Morgan fingerprint density at radius 2 is 1.85 bits per heavy atom. The molecule has 74 valence electrons. The standard InChI is InChI=1S/C8H8F4O/c1-4(2)6-3-5(9)7(13-6)8(10,11)12/h3-4H,1-2H3. The lowest BCUT2D eigenvalue weighted by Crippen LogP contribution is -2.05. The summed E-state index contributed by atoms with van der Waals surface area (Å²) in [7, 11) is 0. The SMILES string of the molecule is CC(C)c1cc(F)c(C(F)(F)F)o1. The van der Waals surface area contributed by atoms with Gasteiger partial charge in [-0.15, -0.1) is 0 Å². The third kappa shape index (κ3) is 2.02. The number of hydrogen-bond acceptors (Lipinski definition) is 1. The van der Waals surface area contributed by atoms with Gasteiger partial charge in [0.05, 0.1) is 0 Å². The van der Waals surface area contributed by atoms with Crippen LogP contribution in [0.25, 0.3) is 0 Å². The molecule has 0 bridgehead atoms. The molecule has 0 aliphatic carbocycles. The van der Waals surface area contributed by atoms with Crippen molar-refractivity contribution in [1.29, 1.82) is 0 Å². The Morgan fingerprint density at radius 3 is 2.08 bits per heavy atom. The van der Waals surface area contributed by atoms with Crippen LogP contribution in [0.4, 0.5) is 17.6 Å². The van der Waals surface area contributed by atoms with E-state index in [1.807, 2.05) is 0 Å². The van der Waals surface area contributed by atoms with Gasteiger partial charge in [-0.2, -0.15) is 13.2 Å². The van der Waals surface area contributed by atoms with Crippen molar-refractivity contribution in [2.45, 2.75) is 25.9 Å². The molecule has 0 amide bonds. The van der Waals surface area contributed by atoms with Crippen LogP contribution in [0.15, 0.2) is 10.5 Å². The van der Waals surface area contributed by atoms with Gasteiger partial charge in [0.1, 0.15) is 5.76 Å². The largest absolute Gasteiger partial charge is 0.453 e. The second-order valence-corrected chi connectivity index (χ2v) is 2.98. The highest BCUT2D eigenvalue weighted by Gasteiger charge is 2.39. The fourth-order valence-electron chi connectivity index (χ4n) is 0.864. The fraction of sp³-hybridized carbons (Fsp3) is 0.500. The average Bonchev–Trinajstić information content (AvgIpc) is 2.29. The number of furan rings is 1. The fourth-order valence-corrected chi connectivity index (χ4v) is 0.864. The van der Waals surface area contributed by atoms with E-state index in [-0.39, 0.29) is 11.7 Å². The van der Waals surface area contributed by atoms with E-state index in [2.05, 4.69) is 4.42 Å². The van der Waals surface area contributed by atoms with Crippen LogP contribution in [0.5, 0.6) is 0 Å². The molecule has 0 saturated heterocycles. The van der Waals surface area contributed by atoms with Crippen molar-refractivity contribution in [3.05, 3.63) is 23.4 Å². The van der Waals surface area contributed by atoms with Crippen LogP contribution in [-0.2, 0) is 6.18 Å². The molecular formula is C8H8F4O. The average molecular weight is 196 g/mol. The first kappa shape index (κ1) is 10.1. The monoisotopic (exact) mass is 196 g/mol. The van der Waals surface area contributed by atoms with Gasteiger partial charge in [-0.05, 0) is 0 Å². The van der Waals surface area contributed by atoms with Crippen LogP contribution >= 0.6 is 0 Å². The molecule has 1 aromatic rings. The summed E-state index contributed by atoms with van der Waals surface area (Å²) in [4.78, 5) is 0. The number of alkyl halides is 3. The summed E-state index contributed by atoms with van der Waals surface area (Å²) >= 11 is 0. The Kier molecular flexibility index (Phi) is 2.36. The molecule has 0 atom stereocenters. The van der Waals surface area contributed by atoms with Crippen molar-refractivity contribution in [2.75, 3.05) is 0 Å². The van der Waals surface area contributed by atoms with Crippen molar-refractivity contribution in [3.8, 4) is 0 Å². The normalized spacial score (nSPS) is 12.5. The molecule has 1 aromatic heterocycles. The minimum Gasteiger partial charge on any atom is -0.453 e. The van der Waals surface area contributed by atoms with Crippen LogP contribution in [0.3, 0.4) is 0 Å². The maximum absolute atomic E-state index is 12.7. The van der Waals surface area contributed by atoms with E-state index in [9.17, 15) is 17.6 Å². The summed E-state index contributed by atoms with van der Waals surface area (Å²) < 4.78 is 53.0. The first-order chi connectivity index (χ1) is 5.82. The first-order valence-electron chi connectivity index (χ1n) is 3.68. The first-order valence-corrected chi connectivity index (χ1v) is 3.68. The Morgan fingerprint density at radius 1 is 1.31 bits per heavy atom. The molecule has 5 heteroatoms. The summed E-state index contributed by atoms with van der Waals surface area (Å²) in [5.74, 6) is -3.15. The molecule has 0 aromatic carbocycles. The van der Waals surface area contributed by atoms with Gasteiger partial charge in [-0.3, -0.25) is 0 Å². The van der Waals surface area contributed by atoms with E-state index in [4.69, 9.17) is 0 Å². The summed E-state index contributed by atoms with van der Waals surface area (Å²) in [6.07, 6.45) is -4.75. The lowest BCUT2D eigenvalue weighted by molar-refractivity contribution is -0.156. The molecule has 1 heterocycles. The van der Waals surface area contributed by atoms with Gasteiger partial charge in [0.2, 0.25) is 5.76 Å². The third-order valence-electron chi connectivity index (χ3n) is 1.53. The molecule has 0 aliphatic heterocycles. The Bertz CT molecular complexity index is 298. The van der Waals surface area contributed by atoms with Crippen molar-refractivity contribution in [1.82, 2.24) is 0 Å². The quantitative estimate of drug-likeness (QED) is 0.626. The van der Waals surface area contributed by atoms with Gasteiger partial charge < -0.3 is 4.42 Å². The molecule has 0 N–H and O–H groups in total. The molecule has 0 aliphatic rings. The molecule has 0 unspecified atom stereocenters. The number of rotatable bonds is 1. The van der Waals surface area contributed by atoms with E-state index in [0.717, 1.165) is 6.07 Å². The van der Waals surface area contributed by atoms with E-state index >= 15 is 0 Å². The minimum atomic E-state index is -4.75. The lowest BCUT2D eigenvalue weighted by atomic mass is 10.2. The maximum atomic E-state index is 12.7. The molecule has 1 rings (SSSR count). The second-order valence-electron chi connectivity index (χ2n) is 2.98. The molecule has 0 saturated carbocycles. The van der Waals surface area contributed by atoms with E-state index in [0.29, 0.717) is 0 Å². The summed E-state index contributed by atoms with van der Waals surface area (Å²) in [5, 5.41) is 0. The van der Waals surface area contributed by atoms with Gasteiger partial charge >= 0.3 is 6.18 Å². The highest BCUT2D eigenvalue weighted by Crippen LogP contribution is 2.34. The van der Waals surface area contributed by atoms with Crippen molar-refractivity contribution in [3.63, 3.8) is 0 Å². The Balaban J connectivity index is 3.11. The molecule has 1 nitrogen and oxygen atoms in total. The highest BCUT2D eigenvalue weighted by atomic mass is 19.4. The van der Waals surface area contributed by atoms with Gasteiger partial charge in [0.15, 0.2) is 5.82 Å². The lowest BCUT2D eigenvalue weighted by Gasteiger charge is -2.02. The zero-order valence-electron chi connectivity index (χ0n) is 7.07. The molecule has 0 fully saturated rings. The van der Waals surface area contributed by atoms with Crippen LogP contribution < -0.4 is 0 Å². The highest BCUT2D eigenvalue weighted by molar-refractivity contribution is 5.14. The minimum absolute atomic E-state index is 0.00447. The van der Waals surface area contributed by atoms with Crippen LogP contribution in [-0.4, -0.2) is 0 Å². The maximum Gasteiger partial charge on any atom is 0.452 e. The Hall–Kier alpha value is -1.00. The number of hydrogen-bond donors (Lipinski definition) is 0. The predicted molar refractivity (Wildman–Crippen MR) is 37.8 cm³/mol. The molecule has 13 heavy (non-hydrogen) atoms. The molecular weight excluding hydrogens is 188 g/mol. The van der Waals surface area contributed by atoms with Crippen molar-refractivity contribution < 1.29 is 22.0 Å². The van der Waals surface area contributed by atoms with Crippen LogP contribution in [0.2, 0.25) is 0 Å². The molecule has 0 radical (unpaired) electrons. The van der Waals surface area contributed by atoms with Crippen molar-refractivity contribution in [2.24, 2.45) is 0 Å². The number of halogens is 4. The van der Waals surface area contributed by atoms with Crippen LogP contribution in [0.1, 0.15) is 31.3 Å². The predicted octanol–water partition coefficient (Wildman–Crippen LogP) is 3.56. The zero-order valence-corrected chi connectivity index (χ0v) is 7.07. The smallest absolute Gasteiger partial charge is 0.452 e. The van der Waals surface area contributed by atoms with Gasteiger partial charge in [-0.1, -0.05) is 13.8 Å². The van der Waals surface area contributed by atoms with E-state index in [1.165, 1.54) is 0 Å². The second kappa shape index (κ2) is 3.05. The topological polar surface area (TPSA) is 13.1 Å². The Labute approximate surface area is 72.3 Å². The van der Waals surface area contributed by atoms with Crippen molar-refractivity contribution >= 4 is 0 Å². The summed E-state index contributed by atoms with van der Waals surface area (Å²) in [6.45, 7) is 3.25. The third-order valence-corrected chi connectivity index (χ3v) is 1.53.